The Hall–Kier alpha value is -3.69. The number of nitrogens with one attached hydrogen (secondary N) is 2. The van der Waals surface area contributed by atoms with Crippen molar-refractivity contribution in [3.63, 3.8) is 0 Å². The van der Waals surface area contributed by atoms with Crippen LogP contribution in [0, 0.1) is 13.8 Å². The molecule has 10 heteroatoms. The van der Waals surface area contributed by atoms with Crippen molar-refractivity contribution in [1.82, 2.24) is 5.43 Å². The average molecular weight is 527 g/mol. The van der Waals surface area contributed by atoms with E-state index in [-0.39, 0.29) is 10.8 Å². The monoisotopic (exact) mass is 526 g/mol. The third-order valence-electron chi connectivity index (χ3n) is 5.31. The molecule has 2 N–H and O–H groups in total. The molecule has 0 bridgehead atoms. The van der Waals surface area contributed by atoms with E-state index in [1.54, 1.807) is 62.4 Å². The Morgan fingerprint density at radius 1 is 0.944 bits per heavy atom. The number of aryl methyl sites for hydroxylation is 2. The summed E-state index contributed by atoms with van der Waals surface area (Å²) < 4.78 is 28.1. The molecular formula is C26H27ClN4O4S. The second-order valence-corrected chi connectivity index (χ2v) is 10.5. The Balaban J connectivity index is 1.86. The summed E-state index contributed by atoms with van der Waals surface area (Å²) in [6.45, 7) is 6.22. The van der Waals surface area contributed by atoms with Crippen LogP contribution in [-0.2, 0) is 19.6 Å². The van der Waals surface area contributed by atoms with Crippen LogP contribution in [0.15, 0.2) is 76.7 Å². The van der Waals surface area contributed by atoms with Crippen LogP contribution in [0.3, 0.4) is 0 Å². The van der Waals surface area contributed by atoms with Gasteiger partial charge < -0.3 is 5.32 Å². The quantitative estimate of drug-likeness (QED) is 0.329. The van der Waals surface area contributed by atoms with E-state index in [0.29, 0.717) is 27.7 Å². The first kappa shape index (κ1) is 26.9. The van der Waals surface area contributed by atoms with Gasteiger partial charge in [0.15, 0.2) is 0 Å². The number of anilines is 2. The summed E-state index contributed by atoms with van der Waals surface area (Å²) in [4.78, 5) is 24.1. The molecule has 188 valence electrons. The van der Waals surface area contributed by atoms with Crippen molar-refractivity contribution in [2.45, 2.75) is 32.6 Å². The zero-order valence-corrected chi connectivity index (χ0v) is 21.9. The Labute approximate surface area is 216 Å². The minimum absolute atomic E-state index is 0.0548. The maximum Gasteiger partial charge on any atom is 0.264 e. The van der Waals surface area contributed by atoms with Gasteiger partial charge in [0.05, 0.1) is 16.3 Å². The molecule has 0 aliphatic rings. The number of amides is 2. The largest absolute Gasteiger partial charge is 0.326 e. The standard InChI is InChI=1S/C26H27ClN4O4S/c1-17-5-13-24(14-6-17)36(34,35)31(25-15-22(27)10-7-18(25)2)16-26(33)30-29-19(3)21-8-11-23(12-9-21)28-20(4)32/h5-15H,16H2,1-4H3,(H,28,32)(H,30,33)/b29-19-. The highest BCUT2D eigenvalue weighted by atomic mass is 35.5. The van der Waals surface area contributed by atoms with Gasteiger partial charge in [-0.1, -0.05) is 47.5 Å². The molecule has 0 saturated heterocycles. The molecule has 3 rings (SSSR count). The molecule has 2 amide bonds. The number of nitrogens with zero attached hydrogens (tertiary/aromatic N) is 2. The predicted molar refractivity (Wildman–Crippen MR) is 143 cm³/mol. The van der Waals surface area contributed by atoms with E-state index in [1.165, 1.54) is 25.1 Å². The van der Waals surface area contributed by atoms with E-state index < -0.39 is 22.5 Å². The molecule has 36 heavy (non-hydrogen) atoms. The van der Waals surface area contributed by atoms with Crippen molar-refractivity contribution in [3.05, 3.63) is 88.4 Å². The first-order valence-electron chi connectivity index (χ1n) is 11.0. The smallest absolute Gasteiger partial charge is 0.264 e. The van der Waals surface area contributed by atoms with Gasteiger partial charge in [-0.15, -0.1) is 0 Å². The first-order chi connectivity index (χ1) is 17.0. The molecule has 0 aromatic heterocycles. The molecule has 0 saturated carbocycles. The molecule has 0 heterocycles. The number of hydrazone groups is 1. The van der Waals surface area contributed by atoms with E-state index in [2.05, 4.69) is 15.8 Å². The van der Waals surface area contributed by atoms with Crippen LogP contribution in [0.25, 0.3) is 0 Å². The number of benzene rings is 3. The zero-order valence-electron chi connectivity index (χ0n) is 20.4. The van der Waals surface area contributed by atoms with Gasteiger partial charge >= 0.3 is 0 Å². The van der Waals surface area contributed by atoms with Gasteiger partial charge in [-0.25, -0.2) is 13.8 Å². The second kappa shape index (κ2) is 11.4. The lowest BCUT2D eigenvalue weighted by Gasteiger charge is -2.25. The van der Waals surface area contributed by atoms with Crippen LogP contribution in [0.1, 0.15) is 30.5 Å². The molecule has 3 aromatic carbocycles. The molecule has 0 aliphatic carbocycles. The summed E-state index contributed by atoms with van der Waals surface area (Å²) in [6, 6.07) is 18.2. The fourth-order valence-corrected chi connectivity index (χ4v) is 5.01. The molecule has 8 nitrogen and oxygen atoms in total. The lowest BCUT2D eigenvalue weighted by molar-refractivity contribution is -0.119. The highest BCUT2D eigenvalue weighted by Gasteiger charge is 2.28. The Bertz CT molecular complexity index is 1400. The zero-order chi connectivity index (χ0) is 26.5. The highest BCUT2D eigenvalue weighted by Crippen LogP contribution is 2.29. The summed E-state index contributed by atoms with van der Waals surface area (Å²) in [7, 11) is -4.08. The van der Waals surface area contributed by atoms with Gasteiger partial charge in [-0.3, -0.25) is 13.9 Å². The molecular weight excluding hydrogens is 500 g/mol. The second-order valence-electron chi connectivity index (χ2n) is 8.25. The van der Waals surface area contributed by atoms with E-state index in [4.69, 9.17) is 11.6 Å². The molecule has 0 fully saturated rings. The van der Waals surface area contributed by atoms with E-state index in [9.17, 15) is 18.0 Å². The van der Waals surface area contributed by atoms with Crippen LogP contribution in [-0.4, -0.2) is 32.5 Å². The third-order valence-corrected chi connectivity index (χ3v) is 7.32. The number of hydrogen-bond donors (Lipinski definition) is 2. The van der Waals surface area contributed by atoms with Gasteiger partial charge in [0.25, 0.3) is 15.9 Å². The van der Waals surface area contributed by atoms with Crippen molar-refractivity contribution in [1.29, 1.82) is 0 Å². The van der Waals surface area contributed by atoms with E-state index in [1.807, 2.05) is 6.92 Å². The highest BCUT2D eigenvalue weighted by molar-refractivity contribution is 7.92. The maximum atomic E-state index is 13.5. The molecule has 0 spiro atoms. The lowest BCUT2D eigenvalue weighted by Crippen LogP contribution is -2.40. The summed E-state index contributed by atoms with van der Waals surface area (Å²) in [5, 5.41) is 7.14. The third kappa shape index (κ3) is 6.71. The van der Waals surface area contributed by atoms with E-state index in [0.717, 1.165) is 15.4 Å². The topological polar surface area (TPSA) is 108 Å². The van der Waals surface area contributed by atoms with Crippen molar-refractivity contribution in [2.75, 3.05) is 16.2 Å². The van der Waals surface area contributed by atoms with Gasteiger partial charge in [0.1, 0.15) is 6.54 Å². The number of sulfonamides is 1. The average Bonchev–Trinajstić information content (AvgIpc) is 2.83. The van der Waals surface area contributed by atoms with Crippen molar-refractivity contribution in [2.24, 2.45) is 5.10 Å². The maximum absolute atomic E-state index is 13.5. The Morgan fingerprint density at radius 3 is 2.19 bits per heavy atom. The van der Waals surface area contributed by atoms with Crippen LogP contribution in [0.2, 0.25) is 5.02 Å². The molecule has 0 atom stereocenters. The van der Waals surface area contributed by atoms with Gasteiger partial charge in [0.2, 0.25) is 5.91 Å². The van der Waals surface area contributed by atoms with E-state index >= 15 is 0 Å². The number of carbonyl (C=O) groups excluding carboxylic acids is 2. The SMILES string of the molecule is CC(=O)Nc1ccc(/C(C)=N\NC(=O)CN(c2cc(Cl)ccc2C)S(=O)(=O)c2ccc(C)cc2)cc1. The van der Waals surface area contributed by atoms with Crippen LogP contribution in [0.5, 0.6) is 0 Å². The van der Waals surface area contributed by atoms with Crippen LogP contribution < -0.4 is 15.0 Å². The normalized spacial score (nSPS) is 11.6. The molecule has 0 radical (unpaired) electrons. The first-order valence-corrected chi connectivity index (χ1v) is 12.9. The summed E-state index contributed by atoms with van der Waals surface area (Å²) in [5.41, 5.74) is 6.15. The fourth-order valence-electron chi connectivity index (χ4n) is 3.36. The van der Waals surface area contributed by atoms with Crippen molar-refractivity contribution >= 4 is 50.5 Å². The Morgan fingerprint density at radius 2 is 1.58 bits per heavy atom. The van der Waals surface area contributed by atoms with Crippen molar-refractivity contribution in [3.8, 4) is 0 Å². The molecule has 0 unspecified atom stereocenters. The van der Waals surface area contributed by atoms with Crippen LogP contribution >= 0.6 is 11.6 Å². The van der Waals surface area contributed by atoms with Gasteiger partial charge in [-0.2, -0.15) is 5.10 Å². The summed E-state index contributed by atoms with van der Waals surface area (Å²) in [5.74, 6) is -0.806. The van der Waals surface area contributed by atoms with Crippen LogP contribution in [0.4, 0.5) is 11.4 Å². The molecule has 3 aromatic rings. The number of rotatable bonds is 8. The van der Waals surface area contributed by atoms with Gasteiger partial charge in [-0.05, 0) is 68.3 Å². The van der Waals surface area contributed by atoms with Gasteiger partial charge in [0, 0.05) is 17.6 Å². The minimum atomic E-state index is -4.08. The fraction of sp³-hybridized carbons (Fsp3) is 0.192. The predicted octanol–water partition coefficient (Wildman–Crippen LogP) is 4.65. The Kier molecular flexibility index (Phi) is 8.49. The summed E-state index contributed by atoms with van der Waals surface area (Å²) >= 11 is 6.16. The number of halogens is 1. The number of carbonyl (C=O) groups is 2. The minimum Gasteiger partial charge on any atom is -0.326 e. The molecule has 0 aliphatic heterocycles. The number of hydrogen-bond acceptors (Lipinski definition) is 5. The lowest BCUT2D eigenvalue weighted by atomic mass is 10.1. The summed E-state index contributed by atoms with van der Waals surface area (Å²) in [6.07, 6.45) is 0. The van der Waals surface area contributed by atoms with Crippen molar-refractivity contribution < 1.29 is 18.0 Å².